The van der Waals surface area contributed by atoms with Crippen LogP contribution in [0.2, 0.25) is 0 Å². The summed E-state index contributed by atoms with van der Waals surface area (Å²) in [4.78, 5) is 2.16. The summed E-state index contributed by atoms with van der Waals surface area (Å²) in [7, 11) is 2.03. The van der Waals surface area contributed by atoms with E-state index in [2.05, 4.69) is 11.8 Å². The predicted octanol–water partition coefficient (Wildman–Crippen LogP) is 3.42. The normalized spacial score (nSPS) is 25.1. The highest BCUT2D eigenvalue weighted by molar-refractivity contribution is 5.47. The quantitative estimate of drug-likeness (QED) is 0.903. The molecule has 0 radical (unpaired) electrons. The van der Waals surface area contributed by atoms with Crippen LogP contribution >= 0.6 is 0 Å². The van der Waals surface area contributed by atoms with Crippen LogP contribution in [0.5, 0.6) is 0 Å². The molecular formula is C16H25FN2. The van der Waals surface area contributed by atoms with Crippen LogP contribution in [0.1, 0.15) is 32.6 Å². The number of nitrogens with two attached hydrogens (primary N) is 1. The molecule has 1 unspecified atom stereocenters. The van der Waals surface area contributed by atoms with E-state index in [1.807, 2.05) is 13.1 Å². The number of anilines is 1. The molecule has 0 aliphatic heterocycles. The maximum absolute atomic E-state index is 13.3. The molecule has 0 bridgehead atoms. The summed E-state index contributed by atoms with van der Waals surface area (Å²) in [5.41, 5.74) is 6.90. The van der Waals surface area contributed by atoms with Crippen molar-refractivity contribution in [1.29, 1.82) is 0 Å². The van der Waals surface area contributed by atoms with Gasteiger partial charge < -0.3 is 10.6 Å². The van der Waals surface area contributed by atoms with Crippen LogP contribution in [0.3, 0.4) is 0 Å². The van der Waals surface area contributed by atoms with Gasteiger partial charge in [0.15, 0.2) is 0 Å². The van der Waals surface area contributed by atoms with Gasteiger partial charge in [-0.2, -0.15) is 0 Å². The molecule has 0 aromatic heterocycles. The first-order valence-electron chi connectivity index (χ1n) is 7.30. The molecule has 1 aromatic carbocycles. The van der Waals surface area contributed by atoms with Gasteiger partial charge in [0.1, 0.15) is 5.82 Å². The third-order valence-electron chi connectivity index (χ3n) is 4.56. The average molecular weight is 264 g/mol. The van der Waals surface area contributed by atoms with Crippen LogP contribution in [0.15, 0.2) is 24.3 Å². The van der Waals surface area contributed by atoms with E-state index in [0.717, 1.165) is 11.6 Å². The predicted molar refractivity (Wildman–Crippen MR) is 78.8 cm³/mol. The van der Waals surface area contributed by atoms with Gasteiger partial charge in [-0.15, -0.1) is 0 Å². The Kier molecular flexibility index (Phi) is 4.81. The van der Waals surface area contributed by atoms with E-state index in [1.165, 1.54) is 31.7 Å². The van der Waals surface area contributed by atoms with E-state index in [-0.39, 0.29) is 5.82 Å². The summed E-state index contributed by atoms with van der Waals surface area (Å²) < 4.78 is 13.3. The van der Waals surface area contributed by atoms with Gasteiger partial charge in [-0.05, 0) is 42.9 Å². The lowest BCUT2D eigenvalue weighted by molar-refractivity contribution is 0.253. The van der Waals surface area contributed by atoms with Crippen molar-refractivity contribution in [3.05, 3.63) is 30.1 Å². The fourth-order valence-corrected chi connectivity index (χ4v) is 3.22. The number of benzene rings is 1. The summed E-state index contributed by atoms with van der Waals surface area (Å²) in [6, 6.07) is 7.11. The third kappa shape index (κ3) is 3.47. The Morgan fingerprint density at radius 1 is 1.32 bits per heavy atom. The molecule has 3 heteroatoms. The Balaban J connectivity index is 2.08. The number of rotatable bonds is 4. The lowest BCUT2D eigenvalue weighted by Crippen LogP contribution is -2.44. The fraction of sp³-hybridized carbons (Fsp3) is 0.625. The summed E-state index contributed by atoms with van der Waals surface area (Å²) in [5.74, 6) is 1.29. The molecule has 1 saturated carbocycles. The number of halogens is 1. The van der Waals surface area contributed by atoms with Gasteiger partial charge in [0.2, 0.25) is 0 Å². The topological polar surface area (TPSA) is 29.3 Å². The summed E-state index contributed by atoms with van der Waals surface area (Å²) in [6.45, 7) is 2.95. The molecule has 1 aromatic rings. The van der Waals surface area contributed by atoms with E-state index < -0.39 is 0 Å². The van der Waals surface area contributed by atoms with Crippen LogP contribution in [0.25, 0.3) is 0 Å². The van der Waals surface area contributed by atoms with Gasteiger partial charge in [-0.1, -0.05) is 25.8 Å². The minimum absolute atomic E-state index is 0.183. The average Bonchev–Trinajstić information content (AvgIpc) is 2.41. The maximum atomic E-state index is 13.3. The van der Waals surface area contributed by atoms with Crippen LogP contribution < -0.4 is 10.6 Å². The van der Waals surface area contributed by atoms with Crippen LogP contribution in [0, 0.1) is 17.7 Å². The number of hydrogen-bond acceptors (Lipinski definition) is 2. The smallest absolute Gasteiger partial charge is 0.125 e. The van der Waals surface area contributed by atoms with Gasteiger partial charge in [0.05, 0.1) is 0 Å². The highest BCUT2D eigenvalue weighted by atomic mass is 19.1. The molecule has 0 saturated heterocycles. The molecule has 0 heterocycles. The summed E-state index contributed by atoms with van der Waals surface area (Å²) in [5, 5.41) is 0. The maximum Gasteiger partial charge on any atom is 0.125 e. The molecule has 19 heavy (non-hydrogen) atoms. The zero-order chi connectivity index (χ0) is 13.8. The number of likely N-dealkylation sites (N-methyl/N-ethyl adjacent to an activating group) is 1. The number of hydrogen-bond donors (Lipinski definition) is 1. The zero-order valence-corrected chi connectivity index (χ0v) is 12.0. The molecule has 1 atom stereocenters. The molecule has 2 nitrogen and oxygen atoms in total. The van der Waals surface area contributed by atoms with Gasteiger partial charge >= 0.3 is 0 Å². The van der Waals surface area contributed by atoms with Crippen molar-refractivity contribution in [3.63, 3.8) is 0 Å². The van der Waals surface area contributed by atoms with E-state index >= 15 is 0 Å². The van der Waals surface area contributed by atoms with Crippen LogP contribution in [0.4, 0.5) is 10.1 Å². The zero-order valence-electron chi connectivity index (χ0n) is 12.0. The van der Waals surface area contributed by atoms with Crippen molar-refractivity contribution in [2.24, 2.45) is 17.6 Å². The van der Waals surface area contributed by atoms with Gasteiger partial charge in [0, 0.05) is 25.3 Å². The Morgan fingerprint density at radius 3 is 2.58 bits per heavy atom. The third-order valence-corrected chi connectivity index (χ3v) is 4.56. The monoisotopic (exact) mass is 264 g/mol. The minimum Gasteiger partial charge on any atom is -0.370 e. The second-order valence-corrected chi connectivity index (χ2v) is 5.91. The molecular weight excluding hydrogens is 239 g/mol. The van der Waals surface area contributed by atoms with Gasteiger partial charge in [-0.3, -0.25) is 0 Å². The molecule has 1 fully saturated rings. The van der Waals surface area contributed by atoms with Gasteiger partial charge in [0.25, 0.3) is 0 Å². The minimum atomic E-state index is -0.183. The molecule has 0 spiro atoms. The highest BCUT2D eigenvalue weighted by Gasteiger charge is 2.28. The number of nitrogens with zero attached hydrogens (tertiary/aromatic N) is 1. The van der Waals surface area contributed by atoms with Crippen molar-refractivity contribution >= 4 is 5.69 Å². The summed E-state index contributed by atoms with van der Waals surface area (Å²) in [6.07, 6.45) is 5.06. The first kappa shape index (κ1) is 14.3. The molecule has 2 N–H and O–H groups in total. The Hall–Kier alpha value is -1.09. The molecule has 106 valence electrons. The molecule has 1 aliphatic carbocycles. The van der Waals surface area contributed by atoms with Gasteiger partial charge in [-0.25, -0.2) is 4.39 Å². The Labute approximate surface area is 115 Å². The van der Waals surface area contributed by atoms with Crippen molar-refractivity contribution in [1.82, 2.24) is 0 Å². The van der Waals surface area contributed by atoms with E-state index in [1.54, 1.807) is 12.1 Å². The first-order valence-corrected chi connectivity index (χ1v) is 7.30. The SMILES string of the molecule is CC1CCC(C(CN)N(C)c2cccc(F)c2)CC1. The van der Waals surface area contributed by atoms with E-state index in [9.17, 15) is 4.39 Å². The highest BCUT2D eigenvalue weighted by Crippen LogP contribution is 2.33. The van der Waals surface area contributed by atoms with E-state index in [0.29, 0.717) is 18.5 Å². The van der Waals surface area contributed by atoms with Crippen LogP contribution in [-0.4, -0.2) is 19.6 Å². The molecule has 1 aliphatic rings. The Bertz CT molecular complexity index is 399. The van der Waals surface area contributed by atoms with Crippen LogP contribution in [-0.2, 0) is 0 Å². The molecule has 2 rings (SSSR count). The second kappa shape index (κ2) is 6.38. The van der Waals surface area contributed by atoms with E-state index in [4.69, 9.17) is 5.73 Å². The fourth-order valence-electron chi connectivity index (χ4n) is 3.22. The largest absolute Gasteiger partial charge is 0.370 e. The Morgan fingerprint density at radius 2 is 2.00 bits per heavy atom. The second-order valence-electron chi connectivity index (χ2n) is 5.91. The van der Waals surface area contributed by atoms with Crippen molar-refractivity contribution in [2.75, 3.05) is 18.5 Å². The summed E-state index contributed by atoms with van der Waals surface area (Å²) >= 11 is 0. The van der Waals surface area contributed by atoms with Crippen molar-refractivity contribution in [3.8, 4) is 0 Å². The first-order chi connectivity index (χ1) is 9.11. The standard InChI is InChI=1S/C16H25FN2/c1-12-6-8-13(9-7-12)16(11-18)19(2)15-5-3-4-14(17)10-15/h3-5,10,12-13,16H,6-9,11,18H2,1-2H3. The lowest BCUT2D eigenvalue weighted by atomic mass is 9.78. The van der Waals surface area contributed by atoms with Crippen molar-refractivity contribution < 1.29 is 4.39 Å². The van der Waals surface area contributed by atoms with Crippen molar-refractivity contribution in [2.45, 2.75) is 38.6 Å². The lowest BCUT2D eigenvalue weighted by Gasteiger charge is -2.38. The molecule has 0 amide bonds.